The number of amides is 1. The molecule has 1 amide bonds. The maximum Gasteiger partial charge on any atom is 0.231 e. The second-order valence-corrected chi connectivity index (χ2v) is 4.74. The number of aromatic nitrogens is 3. The second-order valence-electron chi connectivity index (χ2n) is 4.74. The molecule has 8 heteroatoms. The minimum absolute atomic E-state index is 0.0121. The molecule has 0 spiro atoms. The monoisotopic (exact) mass is 291 g/mol. The lowest BCUT2D eigenvalue weighted by molar-refractivity contribution is -0.125. The summed E-state index contributed by atoms with van der Waals surface area (Å²) in [6.45, 7) is 0. The smallest absolute Gasteiger partial charge is 0.231 e. The highest BCUT2D eigenvalue weighted by Gasteiger charge is 2.48. The number of halogens is 2. The summed E-state index contributed by atoms with van der Waals surface area (Å²) in [4.78, 5) is 22.1. The van der Waals surface area contributed by atoms with E-state index in [0.29, 0.717) is 11.2 Å². The maximum absolute atomic E-state index is 15.3. The van der Waals surface area contributed by atoms with Gasteiger partial charge in [-0.1, -0.05) is 0 Å². The van der Waals surface area contributed by atoms with Crippen LogP contribution in [0, 0.1) is 5.92 Å². The van der Waals surface area contributed by atoms with Gasteiger partial charge in [-0.3, -0.25) is 4.79 Å². The Hall–Kier alpha value is -2.77. The molecular weight excluding hydrogens is 280 g/mol. The number of nitrogens with two attached hydrogens (primary N) is 2. The summed E-state index contributed by atoms with van der Waals surface area (Å²) in [5.41, 5.74) is 8.60. The van der Waals surface area contributed by atoms with E-state index in [-0.39, 0.29) is 11.3 Å². The summed E-state index contributed by atoms with van der Waals surface area (Å²) < 4.78 is 29.3. The lowest BCUT2D eigenvalue weighted by Crippen LogP contribution is -2.41. The van der Waals surface area contributed by atoms with Gasteiger partial charge in [0.1, 0.15) is 11.7 Å². The summed E-state index contributed by atoms with van der Waals surface area (Å²) in [5, 5.41) is 0. The molecule has 0 saturated carbocycles. The fraction of sp³-hybridized carbons (Fsp3) is 0.154. The summed E-state index contributed by atoms with van der Waals surface area (Å²) in [5.74, 6) is -4.06. The number of hydrogen-bond donors (Lipinski definition) is 3. The first-order chi connectivity index (χ1) is 9.93. The molecule has 6 nitrogen and oxygen atoms in total. The Bertz CT molecular complexity index is 797. The molecule has 1 aliphatic carbocycles. The van der Waals surface area contributed by atoms with Crippen molar-refractivity contribution in [1.29, 1.82) is 0 Å². The van der Waals surface area contributed by atoms with Gasteiger partial charge in [0.15, 0.2) is 11.3 Å². The number of carbonyl (C=O) groups excluding carboxylic acids is 1. The van der Waals surface area contributed by atoms with Gasteiger partial charge in [0, 0.05) is 11.8 Å². The van der Waals surface area contributed by atoms with Crippen molar-refractivity contribution in [3.8, 4) is 0 Å². The fourth-order valence-electron chi connectivity index (χ4n) is 2.37. The zero-order chi connectivity index (χ0) is 15.2. The predicted octanol–water partition coefficient (Wildman–Crippen LogP) is 0.934. The summed E-state index contributed by atoms with van der Waals surface area (Å²) in [6, 6.07) is 1.41. The van der Waals surface area contributed by atoms with E-state index in [1.54, 1.807) is 0 Å². The summed E-state index contributed by atoms with van der Waals surface area (Å²) in [7, 11) is 0. The average Bonchev–Trinajstić information content (AvgIpc) is 2.90. The minimum atomic E-state index is -2.45. The molecular formula is C13H11F2N5O. The van der Waals surface area contributed by atoms with E-state index in [2.05, 4.69) is 15.0 Å². The molecule has 2 atom stereocenters. The standard InChI is InChI=1S/C13H11F2N5O/c14-10-7(16)1-2-13(15,9(10)11(17)21)6-3-8-12(18-4-6)20-5-19-8/h1-5,9H,16H2,(H2,17,21)(H,18,19,20). The van der Waals surface area contributed by atoms with Crippen molar-refractivity contribution in [2.75, 3.05) is 0 Å². The Balaban J connectivity index is 2.18. The van der Waals surface area contributed by atoms with Crippen LogP contribution in [0.5, 0.6) is 0 Å². The van der Waals surface area contributed by atoms with Crippen molar-refractivity contribution in [2.45, 2.75) is 5.67 Å². The molecule has 5 N–H and O–H groups in total. The minimum Gasteiger partial charge on any atom is -0.397 e. The van der Waals surface area contributed by atoms with Gasteiger partial charge in [0.2, 0.25) is 5.91 Å². The van der Waals surface area contributed by atoms with Gasteiger partial charge in [0.05, 0.1) is 17.5 Å². The Labute approximate surface area is 117 Å². The van der Waals surface area contributed by atoms with Crippen LogP contribution < -0.4 is 11.5 Å². The average molecular weight is 291 g/mol. The van der Waals surface area contributed by atoms with E-state index in [0.717, 1.165) is 12.2 Å². The third-order valence-electron chi connectivity index (χ3n) is 3.46. The molecule has 0 saturated heterocycles. The van der Waals surface area contributed by atoms with Crippen LogP contribution >= 0.6 is 0 Å². The maximum atomic E-state index is 15.3. The van der Waals surface area contributed by atoms with Crippen molar-refractivity contribution in [1.82, 2.24) is 15.0 Å². The lowest BCUT2D eigenvalue weighted by Gasteiger charge is -2.31. The SMILES string of the molecule is NC(=O)C1C(F)=C(N)C=CC1(F)c1cnc2nc[nH]c2c1. The van der Waals surface area contributed by atoms with Gasteiger partial charge in [-0.2, -0.15) is 0 Å². The molecule has 2 aromatic heterocycles. The topological polar surface area (TPSA) is 111 Å². The van der Waals surface area contributed by atoms with Crippen LogP contribution in [-0.4, -0.2) is 20.9 Å². The van der Waals surface area contributed by atoms with Gasteiger partial charge in [-0.25, -0.2) is 18.7 Å². The molecule has 0 bridgehead atoms. The molecule has 2 heterocycles. The zero-order valence-electron chi connectivity index (χ0n) is 10.7. The van der Waals surface area contributed by atoms with Crippen LogP contribution in [0.15, 0.2) is 42.3 Å². The predicted molar refractivity (Wildman–Crippen MR) is 70.8 cm³/mol. The van der Waals surface area contributed by atoms with Crippen LogP contribution in [0.25, 0.3) is 11.2 Å². The van der Waals surface area contributed by atoms with Gasteiger partial charge in [0.25, 0.3) is 0 Å². The van der Waals surface area contributed by atoms with Gasteiger partial charge in [-0.15, -0.1) is 0 Å². The number of fused-ring (bicyclic) bond motifs is 1. The molecule has 0 fully saturated rings. The number of nitrogens with one attached hydrogen (secondary N) is 1. The van der Waals surface area contributed by atoms with Crippen LogP contribution in [0.2, 0.25) is 0 Å². The molecule has 108 valence electrons. The number of aromatic amines is 1. The molecule has 1 aliphatic rings. The lowest BCUT2D eigenvalue weighted by atomic mass is 9.78. The number of carbonyl (C=O) groups is 1. The number of rotatable bonds is 2. The molecule has 0 aromatic carbocycles. The van der Waals surface area contributed by atoms with E-state index in [4.69, 9.17) is 11.5 Å². The van der Waals surface area contributed by atoms with Gasteiger partial charge < -0.3 is 16.5 Å². The van der Waals surface area contributed by atoms with E-state index >= 15 is 4.39 Å². The first-order valence-corrected chi connectivity index (χ1v) is 6.05. The quantitative estimate of drug-likeness (QED) is 0.764. The van der Waals surface area contributed by atoms with E-state index < -0.39 is 23.3 Å². The Morgan fingerprint density at radius 3 is 2.90 bits per heavy atom. The number of allylic oxidation sites excluding steroid dienone is 2. The normalized spacial score (nSPS) is 25.5. The van der Waals surface area contributed by atoms with E-state index in [1.807, 2.05) is 0 Å². The highest BCUT2D eigenvalue weighted by Crippen LogP contribution is 2.43. The third-order valence-corrected chi connectivity index (χ3v) is 3.46. The number of H-pyrrole nitrogens is 1. The van der Waals surface area contributed by atoms with Crippen LogP contribution in [-0.2, 0) is 10.5 Å². The fourth-order valence-corrected chi connectivity index (χ4v) is 2.37. The van der Waals surface area contributed by atoms with Crippen molar-refractivity contribution < 1.29 is 13.6 Å². The van der Waals surface area contributed by atoms with Gasteiger partial charge in [-0.05, 0) is 18.2 Å². The van der Waals surface area contributed by atoms with Crippen LogP contribution in [0.1, 0.15) is 5.56 Å². The van der Waals surface area contributed by atoms with Crippen molar-refractivity contribution in [2.24, 2.45) is 17.4 Å². The highest BCUT2D eigenvalue weighted by molar-refractivity contribution is 5.83. The first-order valence-electron chi connectivity index (χ1n) is 6.05. The number of nitrogens with zero attached hydrogens (tertiary/aromatic N) is 2. The van der Waals surface area contributed by atoms with Crippen LogP contribution in [0.3, 0.4) is 0 Å². The van der Waals surface area contributed by atoms with E-state index in [1.165, 1.54) is 18.6 Å². The van der Waals surface area contributed by atoms with Crippen molar-refractivity contribution in [3.05, 3.63) is 47.8 Å². The Morgan fingerprint density at radius 1 is 1.43 bits per heavy atom. The summed E-state index contributed by atoms with van der Waals surface area (Å²) in [6.07, 6.45) is 4.68. The van der Waals surface area contributed by atoms with Crippen LogP contribution in [0.4, 0.5) is 8.78 Å². The summed E-state index contributed by atoms with van der Waals surface area (Å²) >= 11 is 0. The third kappa shape index (κ3) is 1.87. The largest absolute Gasteiger partial charge is 0.397 e. The van der Waals surface area contributed by atoms with E-state index in [9.17, 15) is 9.18 Å². The first kappa shape index (κ1) is 13.2. The molecule has 0 radical (unpaired) electrons. The number of primary amides is 1. The van der Waals surface area contributed by atoms with Crippen molar-refractivity contribution in [3.63, 3.8) is 0 Å². The molecule has 0 aliphatic heterocycles. The molecule has 2 aromatic rings. The second kappa shape index (κ2) is 4.37. The number of alkyl halides is 1. The number of hydrogen-bond acceptors (Lipinski definition) is 4. The number of imidazole rings is 1. The highest BCUT2D eigenvalue weighted by atomic mass is 19.2. The number of pyridine rings is 1. The Kier molecular flexibility index (Phi) is 2.75. The van der Waals surface area contributed by atoms with Gasteiger partial charge >= 0.3 is 0 Å². The molecule has 21 heavy (non-hydrogen) atoms. The van der Waals surface area contributed by atoms with Crippen molar-refractivity contribution >= 4 is 17.1 Å². The molecule has 2 unspecified atom stereocenters. The zero-order valence-corrected chi connectivity index (χ0v) is 10.7. The Morgan fingerprint density at radius 2 is 2.19 bits per heavy atom. The molecule has 3 rings (SSSR count).